The molecule has 0 spiro atoms. The molecule has 1 aromatic carbocycles. The molecule has 4 rings (SSSR count). The minimum Gasteiger partial charge on any atom is -0.368 e. The van der Waals surface area contributed by atoms with Crippen molar-refractivity contribution >= 4 is 28.9 Å². The number of aromatic nitrogens is 6. The van der Waals surface area contributed by atoms with E-state index in [0.29, 0.717) is 11.8 Å². The van der Waals surface area contributed by atoms with E-state index in [2.05, 4.69) is 30.1 Å². The summed E-state index contributed by atoms with van der Waals surface area (Å²) in [5.74, 6) is 1.30. The molecule has 2 N–H and O–H groups in total. The molecule has 25 heavy (non-hydrogen) atoms. The number of nitrogen functional groups attached to an aromatic ring is 1. The van der Waals surface area contributed by atoms with Crippen molar-refractivity contribution in [2.45, 2.75) is 0 Å². The third kappa shape index (κ3) is 3.02. The molecule has 0 amide bonds. The number of para-hydroxylation sites is 1. The Morgan fingerprint density at radius 1 is 1.04 bits per heavy atom. The fourth-order valence-corrected chi connectivity index (χ4v) is 2.67. The van der Waals surface area contributed by atoms with Gasteiger partial charge in [-0.05, 0) is 12.1 Å². The highest BCUT2D eigenvalue weighted by Crippen LogP contribution is 2.25. The molecule has 0 aliphatic carbocycles. The zero-order valence-corrected chi connectivity index (χ0v) is 13.9. The summed E-state index contributed by atoms with van der Waals surface area (Å²) in [6, 6.07) is 9.67. The van der Waals surface area contributed by atoms with Crippen molar-refractivity contribution in [3.63, 3.8) is 0 Å². The molecule has 0 fully saturated rings. The van der Waals surface area contributed by atoms with Gasteiger partial charge in [-0.15, -0.1) is 11.3 Å². The van der Waals surface area contributed by atoms with Gasteiger partial charge < -0.3 is 15.2 Å². The topological polar surface area (TPSA) is 120 Å². The zero-order chi connectivity index (χ0) is 17.2. The van der Waals surface area contributed by atoms with E-state index in [1.54, 1.807) is 16.6 Å². The van der Waals surface area contributed by atoms with Crippen LogP contribution in [0.4, 0.5) is 17.6 Å². The second kappa shape index (κ2) is 6.24. The Morgan fingerprint density at radius 3 is 2.64 bits per heavy atom. The van der Waals surface area contributed by atoms with Crippen molar-refractivity contribution in [3.05, 3.63) is 42.0 Å². The highest BCUT2D eigenvalue weighted by Gasteiger charge is 2.17. The van der Waals surface area contributed by atoms with Crippen LogP contribution < -0.4 is 10.6 Å². The molecular formula is C15H12N8OS. The number of nitrogens with two attached hydrogens (primary N) is 1. The summed E-state index contributed by atoms with van der Waals surface area (Å²) in [6.07, 6.45) is 1.65. The number of rotatable bonds is 4. The lowest BCUT2D eigenvalue weighted by Crippen LogP contribution is -2.15. The van der Waals surface area contributed by atoms with E-state index in [9.17, 15) is 0 Å². The standard InChI is InChI=1S/C15H12N8OS/c1-23(9-5-3-2-4-6-9)15-20-11(19-14(16)21-15)12-18-13(24-22-12)10-7-17-8-25-10/h2-8H,1H3,(H2,16,19,20,21). The fraction of sp³-hybridized carbons (Fsp3) is 0.0667. The van der Waals surface area contributed by atoms with Crippen LogP contribution in [0.25, 0.3) is 22.4 Å². The van der Waals surface area contributed by atoms with Crippen molar-refractivity contribution in [2.75, 3.05) is 17.7 Å². The summed E-state index contributed by atoms with van der Waals surface area (Å²) in [6.45, 7) is 0. The van der Waals surface area contributed by atoms with Crippen molar-refractivity contribution < 1.29 is 4.52 Å². The van der Waals surface area contributed by atoms with Crippen LogP contribution in [0.15, 0.2) is 46.6 Å². The highest BCUT2D eigenvalue weighted by molar-refractivity contribution is 7.13. The first kappa shape index (κ1) is 15.1. The van der Waals surface area contributed by atoms with Crippen LogP contribution in [0.5, 0.6) is 0 Å². The molecule has 0 saturated heterocycles. The van der Waals surface area contributed by atoms with E-state index in [1.165, 1.54) is 11.3 Å². The summed E-state index contributed by atoms with van der Waals surface area (Å²) >= 11 is 1.40. The summed E-state index contributed by atoms with van der Waals surface area (Å²) in [7, 11) is 1.84. The Hall–Kier alpha value is -3.40. The first-order valence-electron chi connectivity index (χ1n) is 7.24. The van der Waals surface area contributed by atoms with E-state index in [-0.39, 0.29) is 17.6 Å². The van der Waals surface area contributed by atoms with Gasteiger partial charge in [-0.3, -0.25) is 4.98 Å². The Balaban J connectivity index is 1.71. The van der Waals surface area contributed by atoms with Crippen LogP contribution in [0, 0.1) is 0 Å². The summed E-state index contributed by atoms with van der Waals surface area (Å²) in [4.78, 5) is 23.5. The molecule has 0 aliphatic rings. The smallest absolute Gasteiger partial charge is 0.270 e. The molecule has 0 bridgehead atoms. The maximum absolute atomic E-state index is 5.83. The second-order valence-electron chi connectivity index (χ2n) is 5.00. The minimum absolute atomic E-state index is 0.0759. The Bertz CT molecular complexity index is 986. The fourth-order valence-electron chi connectivity index (χ4n) is 2.13. The second-order valence-corrected chi connectivity index (χ2v) is 5.89. The lowest BCUT2D eigenvalue weighted by molar-refractivity contribution is 0.432. The third-order valence-electron chi connectivity index (χ3n) is 3.35. The number of anilines is 3. The summed E-state index contributed by atoms with van der Waals surface area (Å²) in [5.41, 5.74) is 8.43. The summed E-state index contributed by atoms with van der Waals surface area (Å²) in [5, 5.41) is 3.92. The Kier molecular flexibility index (Phi) is 3.78. The molecule has 3 aromatic heterocycles. The van der Waals surface area contributed by atoms with Gasteiger partial charge in [-0.2, -0.15) is 19.9 Å². The number of hydrogen-bond acceptors (Lipinski definition) is 10. The Labute approximate surface area is 146 Å². The van der Waals surface area contributed by atoms with Crippen LogP contribution in [0.2, 0.25) is 0 Å². The molecule has 0 saturated carbocycles. The lowest BCUT2D eigenvalue weighted by atomic mass is 10.3. The van der Waals surface area contributed by atoms with Gasteiger partial charge in [0.2, 0.25) is 23.5 Å². The first-order chi connectivity index (χ1) is 12.2. The molecule has 124 valence electrons. The molecular weight excluding hydrogens is 340 g/mol. The van der Waals surface area contributed by atoms with Crippen molar-refractivity contribution in [2.24, 2.45) is 0 Å². The predicted octanol–water partition coefficient (Wildman–Crippen LogP) is 2.40. The lowest BCUT2D eigenvalue weighted by Gasteiger charge is -2.17. The van der Waals surface area contributed by atoms with Gasteiger partial charge in [0.1, 0.15) is 4.88 Å². The van der Waals surface area contributed by atoms with Crippen LogP contribution in [-0.4, -0.2) is 37.1 Å². The van der Waals surface area contributed by atoms with E-state index < -0.39 is 0 Å². The van der Waals surface area contributed by atoms with Gasteiger partial charge >= 0.3 is 0 Å². The van der Waals surface area contributed by atoms with Gasteiger partial charge in [0.05, 0.1) is 11.7 Å². The van der Waals surface area contributed by atoms with Crippen molar-refractivity contribution in [3.8, 4) is 22.4 Å². The molecule has 0 aliphatic heterocycles. The highest BCUT2D eigenvalue weighted by atomic mass is 32.1. The monoisotopic (exact) mass is 352 g/mol. The van der Waals surface area contributed by atoms with E-state index in [4.69, 9.17) is 10.3 Å². The summed E-state index contributed by atoms with van der Waals surface area (Å²) < 4.78 is 5.24. The third-order valence-corrected chi connectivity index (χ3v) is 4.11. The van der Waals surface area contributed by atoms with Gasteiger partial charge in [-0.25, -0.2) is 0 Å². The SMILES string of the molecule is CN(c1ccccc1)c1nc(N)nc(-c2noc(-c3cncs3)n2)n1. The molecule has 0 unspecified atom stereocenters. The normalized spacial score (nSPS) is 10.8. The molecule has 0 atom stereocenters. The molecule has 9 nitrogen and oxygen atoms in total. The average Bonchev–Trinajstić information content (AvgIpc) is 3.32. The van der Waals surface area contributed by atoms with Crippen molar-refractivity contribution in [1.82, 2.24) is 30.1 Å². The predicted molar refractivity (Wildman–Crippen MR) is 93.1 cm³/mol. The van der Waals surface area contributed by atoms with Gasteiger partial charge in [-0.1, -0.05) is 23.4 Å². The van der Waals surface area contributed by atoms with Crippen LogP contribution in [0.1, 0.15) is 0 Å². The number of nitrogens with zero attached hydrogens (tertiary/aromatic N) is 7. The van der Waals surface area contributed by atoms with Gasteiger partial charge in [0, 0.05) is 12.7 Å². The van der Waals surface area contributed by atoms with E-state index in [0.717, 1.165) is 10.6 Å². The van der Waals surface area contributed by atoms with Crippen LogP contribution >= 0.6 is 11.3 Å². The molecule has 3 heterocycles. The maximum Gasteiger partial charge on any atom is 0.270 e. The largest absolute Gasteiger partial charge is 0.368 e. The van der Waals surface area contributed by atoms with Gasteiger partial charge in [0.25, 0.3) is 5.89 Å². The number of benzene rings is 1. The van der Waals surface area contributed by atoms with Crippen molar-refractivity contribution in [1.29, 1.82) is 0 Å². The first-order valence-corrected chi connectivity index (χ1v) is 8.12. The van der Waals surface area contributed by atoms with Crippen LogP contribution in [-0.2, 0) is 0 Å². The van der Waals surface area contributed by atoms with Gasteiger partial charge in [0.15, 0.2) is 0 Å². The van der Waals surface area contributed by atoms with Crippen LogP contribution in [0.3, 0.4) is 0 Å². The van der Waals surface area contributed by atoms with E-state index >= 15 is 0 Å². The quantitative estimate of drug-likeness (QED) is 0.590. The number of hydrogen-bond donors (Lipinski definition) is 1. The zero-order valence-electron chi connectivity index (χ0n) is 13.1. The molecule has 10 heteroatoms. The molecule has 4 aromatic rings. The minimum atomic E-state index is 0.0759. The molecule has 0 radical (unpaired) electrons. The number of thiazole rings is 1. The van der Waals surface area contributed by atoms with E-state index in [1.807, 2.05) is 37.4 Å². The Morgan fingerprint density at radius 2 is 1.88 bits per heavy atom. The average molecular weight is 352 g/mol. The maximum atomic E-state index is 5.83.